The summed E-state index contributed by atoms with van der Waals surface area (Å²) < 4.78 is 15.6. The number of ether oxygens (including phenoxy) is 3. The Morgan fingerprint density at radius 3 is 2.58 bits per heavy atom. The fourth-order valence-electron chi connectivity index (χ4n) is 2.87. The molecule has 0 aliphatic heterocycles. The molecular weight excluding hydrogens is 334 g/mol. The Morgan fingerprint density at radius 2 is 1.92 bits per heavy atom. The number of methoxy groups -OCH3 is 2. The van der Waals surface area contributed by atoms with E-state index in [-0.39, 0.29) is 5.91 Å². The van der Waals surface area contributed by atoms with E-state index in [9.17, 15) is 9.59 Å². The third-order valence-corrected chi connectivity index (χ3v) is 4.40. The summed E-state index contributed by atoms with van der Waals surface area (Å²) in [6, 6.07) is 4.73. The molecule has 6 nitrogen and oxygen atoms in total. The summed E-state index contributed by atoms with van der Waals surface area (Å²) in [4.78, 5) is 24.4. The van der Waals surface area contributed by atoms with Gasteiger partial charge in [-0.3, -0.25) is 4.79 Å². The Bertz CT molecular complexity index is 668. The molecule has 142 valence electrons. The summed E-state index contributed by atoms with van der Waals surface area (Å²) in [5.74, 6) is 0.0745. The summed E-state index contributed by atoms with van der Waals surface area (Å²) in [5, 5.41) is 2.83. The first-order valence-electron chi connectivity index (χ1n) is 8.93. The van der Waals surface area contributed by atoms with E-state index in [0.717, 1.165) is 19.3 Å². The van der Waals surface area contributed by atoms with Gasteiger partial charge in [-0.25, -0.2) is 4.79 Å². The lowest BCUT2D eigenvalue weighted by molar-refractivity contribution is -0.129. The molecule has 0 saturated heterocycles. The van der Waals surface area contributed by atoms with Crippen LogP contribution in [0.4, 0.5) is 0 Å². The van der Waals surface area contributed by atoms with Crippen molar-refractivity contribution in [1.29, 1.82) is 0 Å². The fraction of sp³-hybridized carbons (Fsp3) is 0.500. The number of carbonyl (C=O) groups is 2. The van der Waals surface area contributed by atoms with Crippen molar-refractivity contribution in [3.05, 3.63) is 35.4 Å². The number of allylic oxidation sites excluding steroid dienone is 1. The number of hydrogen-bond donors (Lipinski definition) is 1. The Hall–Kier alpha value is -2.50. The lowest BCUT2D eigenvalue weighted by Crippen LogP contribution is -2.36. The van der Waals surface area contributed by atoms with Crippen molar-refractivity contribution in [3.63, 3.8) is 0 Å². The molecule has 6 heteroatoms. The first-order valence-corrected chi connectivity index (χ1v) is 8.93. The average Bonchev–Trinajstić information content (AvgIpc) is 2.67. The van der Waals surface area contributed by atoms with Gasteiger partial charge in [-0.2, -0.15) is 0 Å². The Balaban J connectivity index is 1.83. The first-order chi connectivity index (χ1) is 12.5. The van der Waals surface area contributed by atoms with Crippen LogP contribution in [0.1, 0.15) is 49.4 Å². The molecule has 1 aromatic carbocycles. The highest BCUT2D eigenvalue weighted by atomic mass is 16.5. The summed E-state index contributed by atoms with van der Waals surface area (Å²) in [7, 11) is 3.01. The lowest BCUT2D eigenvalue weighted by Gasteiger charge is -2.16. The zero-order chi connectivity index (χ0) is 18.9. The molecular formula is C20H27NO5. The van der Waals surface area contributed by atoms with E-state index >= 15 is 0 Å². The molecule has 2 rings (SSSR count). The second-order valence-electron chi connectivity index (χ2n) is 6.27. The number of amides is 1. The van der Waals surface area contributed by atoms with Crippen LogP contribution < -0.4 is 14.8 Å². The molecule has 0 radical (unpaired) electrons. The topological polar surface area (TPSA) is 73.9 Å². The highest BCUT2D eigenvalue weighted by Gasteiger charge is 2.20. The van der Waals surface area contributed by atoms with Gasteiger partial charge in [0.15, 0.2) is 17.6 Å². The Labute approximate surface area is 154 Å². The average molecular weight is 361 g/mol. The van der Waals surface area contributed by atoms with E-state index in [2.05, 4.69) is 11.4 Å². The number of rotatable bonds is 8. The van der Waals surface area contributed by atoms with E-state index in [1.165, 1.54) is 38.7 Å². The highest BCUT2D eigenvalue weighted by molar-refractivity contribution is 5.92. The van der Waals surface area contributed by atoms with Crippen LogP contribution in [0.25, 0.3) is 0 Å². The van der Waals surface area contributed by atoms with Crippen LogP contribution in [0.2, 0.25) is 0 Å². The minimum Gasteiger partial charge on any atom is -0.493 e. The van der Waals surface area contributed by atoms with Crippen molar-refractivity contribution in [2.75, 3.05) is 20.8 Å². The highest BCUT2D eigenvalue weighted by Crippen LogP contribution is 2.28. The molecule has 0 spiro atoms. The smallest absolute Gasteiger partial charge is 0.339 e. The molecule has 1 aliphatic carbocycles. The van der Waals surface area contributed by atoms with Crippen LogP contribution >= 0.6 is 0 Å². The molecule has 1 aliphatic rings. The van der Waals surface area contributed by atoms with E-state index in [0.29, 0.717) is 23.6 Å². The SMILES string of the molecule is COc1ccc(C(=O)O[C@@H](C)C(=O)NCCC2=CCCCC2)cc1OC. The van der Waals surface area contributed by atoms with Crippen molar-refractivity contribution >= 4 is 11.9 Å². The second-order valence-corrected chi connectivity index (χ2v) is 6.27. The van der Waals surface area contributed by atoms with Gasteiger partial charge in [-0.15, -0.1) is 0 Å². The van der Waals surface area contributed by atoms with E-state index in [4.69, 9.17) is 14.2 Å². The predicted octanol–water partition coefficient (Wildman–Crippen LogP) is 3.26. The Morgan fingerprint density at radius 1 is 1.15 bits per heavy atom. The van der Waals surface area contributed by atoms with Gasteiger partial charge in [0.25, 0.3) is 5.91 Å². The molecule has 26 heavy (non-hydrogen) atoms. The van der Waals surface area contributed by atoms with Gasteiger partial charge in [-0.05, 0) is 57.2 Å². The minimum atomic E-state index is -0.865. The maximum Gasteiger partial charge on any atom is 0.339 e. The van der Waals surface area contributed by atoms with Gasteiger partial charge in [0, 0.05) is 6.54 Å². The molecule has 1 N–H and O–H groups in total. The van der Waals surface area contributed by atoms with Crippen molar-refractivity contribution in [2.24, 2.45) is 0 Å². The van der Waals surface area contributed by atoms with Crippen molar-refractivity contribution < 1.29 is 23.8 Å². The summed E-state index contributed by atoms with van der Waals surface area (Å²) >= 11 is 0. The summed E-state index contributed by atoms with van der Waals surface area (Å²) in [5.41, 5.74) is 1.70. The van der Waals surface area contributed by atoms with Crippen LogP contribution in [0, 0.1) is 0 Å². The largest absolute Gasteiger partial charge is 0.493 e. The second kappa shape index (κ2) is 9.85. The minimum absolute atomic E-state index is 0.296. The molecule has 0 fully saturated rings. The summed E-state index contributed by atoms with van der Waals surface area (Å²) in [6.45, 7) is 2.12. The van der Waals surface area contributed by atoms with E-state index in [1.807, 2.05) is 0 Å². The molecule has 0 heterocycles. The molecule has 0 bridgehead atoms. The van der Waals surface area contributed by atoms with Gasteiger partial charge >= 0.3 is 5.97 Å². The summed E-state index contributed by atoms with van der Waals surface area (Å²) in [6.07, 6.45) is 6.95. The standard InChI is InChI=1S/C20H27NO5/c1-14(19(22)21-12-11-15-7-5-4-6-8-15)26-20(23)16-9-10-17(24-2)18(13-16)25-3/h7,9-10,13-14H,4-6,8,11-12H2,1-3H3,(H,21,22)/t14-/m0/s1. The van der Waals surface area contributed by atoms with Gasteiger partial charge in [0.1, 0.15) is 0 Å². The quantitative estimate of drug-likeness (QED) is 0.568. The lowest BCUT2D eigenvalue weighted by atomic mass is 9.97. The van der Waals surface area contributed by atoms with Crippen LogP contribution in [0.3, 0.4) is 0 Å². The number of esters is 1. The maximum absolute atomic E-state index is 12.2. The first kappa shape index (κ1) is 19.8. The van der Waals surface area contributed by atoms with E-state index in [1.54, 1.807) is 19.1 Å². The van der Waals surface area contributed by atoms with Crippen molar-refractivity contribution in [3.8, 4) is 11.5 Å². The zero-order valence-corrected chi connectivity index (χ0v) is 15.7. The number of benzene rings is 1. The third kappa shape index (κ3) is 5.51. The number of hydrogen-bond acceptors (Lipinski definition) is 5. The maximum atomic E-state index is 12.2. The van der Waals surface area contributed by atoms with Crippen LogP contribution in [-0.4, -0.2) is 38.7 Å². The van der Waals surface area contributed by atoms with Crippen LogP contribution in [-0.2, 0) is 9.53 Å². The molecule has 0 saturated carbocycles. The number of nitrogens with one attached hydrogen (secondary N) is 1. The van der Waals surface area contributed by atoms with Gasteiger partial charge in [0.2, 0.25) is 0 Å². The predicted molar refractivity (Wildman–Crippen MR) is 98.6 cm³/mol. The fourth-order valence-corrected chi connectivity index (χ4v) is 2.87. The molecule has 1 atom stereocenters. The molecule has 1 aromatic rings. The van der Waals surface area contributed by atoms with Gasteiger partial charge in [0.05, 0.1) is 19.8 Å². The Kier molecular flexibility index (Phi) is 7.51. The molecule has 1 amide bonds. The molecule has 0 unspecified atom stereocenters. The van der Waals surface area contributed by atoms with Gasteiger partial charge < -0.3 is 19.5 Å². The number of carbonyl (C=O) groups excluding carboxylic acids is 2. The monoisotopic (exact) mass is 361 g/mol. The van der Waals surface area contributed by atoms with Crippen molar-refractivity contribution in [2.45, 2.75) is 45.1 Å². The van der Waals surface area contributed by atoms with Crippen LogP contribution in [0.15, 0.2) is 29.8 Å². The normalized spacial score (nSPS) is 14.8. The third-order valence-electron chi connectivity index (χ3n) is 4.40. The van der Waals surface area contributed by atoms with E-state index < -0.39 is 12.1 Å². The molecule has 0 aromatic heterocycles. The van der Waals surface area contributed by atoms with Crippen LogP contribution in [0.5, 0.6) is 11.5 Å². The van der Waals surface area contributed by atoms with Gasteiger partial charge in [-0.1, -0.05) is 11.6 Å². The van der Waals surface area contributed by atoms with Crippen molar-refractivity contribution in [1.82, 2.24) is 5.32 Å². The zero-order valence-electron chi connectivity index (χ0n) is 15.7.